The van der Waals surface area contributed by atoms with Crippen molar-refractivity contribution in [2.75, 3.05) is 14.2 Å². The molecule has 0 saturated heterocycles. The molecule has 1 fully saturated rings. The molecule has 1 aromatic heterocycles. The Kier molecular flexibility index (Phi) is 6.64. The summed E-state index contributed by atoms with van der Waals surface area (Å²) in [6.07, 6.45) is 7.04. The van der Waals surface area contributed by atoms with E-state index in [1.165, 1.54) is 42.0 Å². The van der Waals surface area contributed by atoms with Crippen LogP contribution in [0.5, 0.6) is 0 Å². The van der Waals surface area contributed by atoms with E-state index in [1.54, 1.807) is 7.11 Å². The summed E-state index contributed by atoms with van der Waals surface area (Å²) in [6, 6.07) is 0. The van der Waals surface area contributed by atoms with Gasteiger partial charge in [-0.15, -0.1) is 11.3 Å². The van der Waals surface area contributed by atoms with E-state index in [9.17, 15) is 0 Å². The Morgan fingerprint density at radius 3 is 2.84 bits per heavy atom. The maximum atomic E-state index is 5.23. The minimum atomic E-state index is 0.627. The predicted molar refractivity (Wildman–Crippen MR) is 83.8 cm³/mol. The van der Waals surface area contributed by atoms with Crippen LogP contribution in [0.1, 0.15) is 47.7 Å². The fourth-order valence-corrected chi connectivity index (χ4v) is 4.90. The molecular weight excluding hydrogens is 276 g/mol. The summed E-state index contributed by atoms with van der Waals surface area (Å²) < 4.78 is 5.23. The van der Waals surface area contributed by atoms with Gasteiger partial charge < -0.3 is 10.1 Å². The highest BCUT2D eigenvalue weighted by molar-refractivity contribution is 7.99. The van der Waals surface area contributed by atoms with Crippen molar-refractivity contribution < 1.29 is 4.74 Å². The zero-order chi connectivity index (χ0) is 13.5. The van der Waals surface area contributed by atoms with E-state index in [1.807, 2.05) is 18.4 Å². The molecule has 0 radical (unpaired) electrons. The van der Waals surface area contributed by atoms with Gasteiger partial charge in [0.15, 0.2) is 0 Å². The summed E-state index contributed by atoms with van der Waals surface area (Å²) in [6.45, 7) is 1.52. The number of aromatic nitrogens is 1. The summed E-state index contributed by atoms with van der Waals surface area (Å²) in [7, 11) is 3.71. The largest absolute Gasteiger partial charge is 0.378 e. The van der Waals surface area contributed by atoms with Gasteiger partial charge in [0.25, 0.3) is 0 Å². The number of methoxy groups -OCH3 is 1. The third-order valence-electron chi connectivity index (χ3n) is 3.44. The van der Waals surface area contributed by atoms with Gasteiger partial charge in [0.2, 0.25) is 0 Å². The molecule has 1 N–H and O–H groups in total. The second kappa shape index (κ2) is 8.25. The molecule has 108 valence electrons. The Bertz CT molecular complexity index is 352. The third kappa shape index (κ3) is 4.74. The fraction of sp³-hybridized carbons (Fsp3) is 0.786. The first-order valence-corrected chi connectivity index (χ1v) is 8.92. The molecule has 0 aliphatic heterocycles. The van der Waals surface area contributed by atoms with Gasteiger partial charge in [0.05, 0.1) is 12.3 Å². The molecule has 0 aromatic carbocycles. The van der Waals surface area contributed by atoms with Crippen molar-refractivity contribution in [3.63, 3.8) is 0 Å². The standard InChI is InChI=1S/C14H24N2OS2/c1-15-8-13-12(9-17-2)16-14(19-13)10-18-11-6-4-3-5-7-11/h11,15H,3-10H2,1-2H3. The van der Waals surface area contributed by atoms with Gasteiger partial charge in [-0.2, -0.15) is 11.8 Å². The number of hydrogen-bond acceptors (Lipinski definition) is 5. The first-order valence-electron chi connectivity index (χ1n) is 7.06. The number of nitrogens with zero attached hydrogens (tertiary/aromatic N) is 1. The number of thioether (sulfide) groups is 1. The average Bonchev–Trinajstić information content (AvgIpc) is 2.81. The second-order valence-corrected chi connectivity index (χ2v) is 7.47. The zero-order valence-corrected chi connectivity index (χ0v) is 13.5. The number of hydrogen-bond donors (Lipinski definition) is 1. The smallest absolute Gasteiger partial charge is 0.103 e. The molecule has 2 rings (SSSR count). The van der Waals surface area contributed by atoms with Crippen LogP contribution in [-0.4, -0.2) is 24.4 Å². The average molecular weight is 300 g/mol. The van der Waals surface area contributed by atoms with Crippen LogP contribution < -0.4 is 5.32 Å². The van der Waals surface area contributed by atoms with Crippen LogP contribution in [0.4, 0.5) is 0 Å². The van der Waals surface area contributed by atoms with Gasteiger partial charge in [0.1, 0.15) is 5.01 Å². The lowest BCUT2D eigenvalue weighted by atomic mass is 10.0. The Balaban J connectivity index is 1.89. The van der Waals surface area contributed by atoms with Gasteiger partial charge >= 0.3 is 0 Å². The van der Waals surface area contributed by atoms with Gasteiger partial charge in [-0.3, -0.25) is 0 Å². The van der Waals surface area contributed by atoms with Crippen molar-refractivity contribution in [1.29, 1.82) is 0 Å². The maximum Gasteiger partial charge on any atom is 0.103 e. The van der Waals surface area contributed by atoms with E-state index in [0.717, 1.165) is 23.2 Å². The predicted octanol–water partition coefficient (Wildman–Crippen LogP) is 3.57. The first-order chi connectivity index (χ1) is 9.33. The van der Waals surface area contributed by atoms with Crippen molar-refractivity contribution in [1.82, 2.24) is 10.3 Å². The number of rotatable bonds is 7. The van der Waals surface area contributed by atoms with E-state index in [2.05, 4.69) is 17.1 Å². The molecule has 1 saturated carbocycles. The van der Waals surface area contributed by atoms with E-state index < -0.39 is 0 Å². The van der Waals surface area contributed by atoms with Crippen LogP contribution in [0.25, 0.3) is 0 Å². The molecule has 0 bridgehead atoms. The summed E-state index contributed by atoms with van der Waals surface area (Å²) in [5.74, 6) is 1.07. The van der Waals surface area contributed by atoms with Crippen LogP contribution in [-0.2, 0) is 23.6 Å². The van der Waals surface area contributed by atoms with Crippen LogP contribution in [0, 0.1) is 0 Å². The van der Waals surface area contributed by atoms with Gasteiger partial charge in [-0.25, -0.2) is 4.98 Å². The lowest BCUT2D eigenvalue weighted by Gasteiger charge is -2.20. The topological polar surface area (TPSA) is 34.2 Å². The molecule has 1 aliphatic rings. The van der Waals surface area contributed by atoms with Crippen LogP contribution in [0.15, 0.2) is 0 Å². The monoisotopic (exact) mass is 300 g/mol. The molecule has 1 aromatic rings. The second-order valence-electron chi connectivity index (χ2n) is 5.01. The van der Waals surface area contributed by atoms with Crippen molar-refractivity contribution in [3.05, 3.63) is 15.6 Å². The van der Waals surface area contributed by atoms with Crippen molar-refractivity contribution in [2.24, 2.45) is 0 Å². The normalized spacial score (nSPS) is 16.9. The Hall–Kier alpha value is -0.100. The summed E-state index contributed by atoms with van der Waals surface area (Å²) >= 11 is 3.93. The van der Waals surface area contributed by atoms with Gasteiger partial charge in [-0.1, -0.05) is 19.3 Å². The van der Waals surface area contributed by atoms with E-state index in [-0.39, 0.29) is 0 Å². The van der Waals surface area contributed by atoms with Crippen molar-refractivity contribution in [3.8, 4) is 0 Å². The summed E-state index contributed by atoms with van der Waals surface area (Å²) in [5.41, 5.74) is 1.11. The molecule has 0 atom stereocenters. The highest BCUT2D eigenvalue weighted by atomic mass is 32.2. The van der Waals surface area contributed by atoms with Crippen LogP contribution in [0.2, 0.25) is 0 Å². The molecule has 1 heterocycles. The zero-order valence-electron chi connectivity index (χ0n) is 11.9. The molecule has 0 unspecified atom stereocenters. The highest BCUT2D eigenvalue weighted by Gasteiger charge is 2.16. The van der Waals surface area contributed by atoms with E-state index in [4.69, 9.17) is 9.72 Å². The van der Waals surface area contributed by atoms with Crippen LogP contribution >= 0.6 is 23.1 Å². The lowest BCUT2D eigenvalue weighted by molar-refractivity contribution is 0.181. The SMILES string of the molecule is CNCc1sc(CSC2CCCCC2)nc1COC. The molecular formula is C14H24N2OS2. The Morgan fingerprint density at radius 2 is 2.16 bits per heavy atom. The van der Waals surface area contributed by atoms with Gasteiger partial charge in [-0.05, 0) is 19.9 Å². The highest BCUT2D eigenvalue weighted by Crippen LogP contribution is 2.32. The molecule has 0 amide bonds. The quantitative estimate of drug-likeness (QED) is 0.834. The summed E-state index contributed by atoms with van der Waals surface area (Å²) in [5, 5.41) is 5.32. The van der Waals surface area contributed by atoms with Gasteiger partial charge in [0, 0.05) is 29.5 Å². The van der Waals surface area contributed by atoms with Crippen LogP contribution in [0.3, 0.4) is 0 Å². The maximum absolute atomic E-state index is 5.23. The molecule has 1 aliphatic carbocycles. The minimum absolute atomic E-state index is 0.627. The lowest BCUT2D eigenvalue weighted by Crippen LogP contribution is -2.08. The minimum Gasteiger partial charge on any atom is -0.378 e. The molecule has 3 nitrogen and oxygen atoms in total. The van der Waals surface area contributed by atoms with E-state index in [0.29, 0.717) is 6.61 Å². The van der Waals surface area contributed by atoms with E-state index >= 15 is 0 Å². The van der Waals surface area contributed by atoms with Crippen molar-refractivity contribution in [2.45, 2.75) is 56.3 Å². The summed E-state index contributed by atoms with van der Waals surface area (Å²) in [4.78, 5) is 6.06. The Labute approximate surface area is 124 Å². The van der Waals surface area contributed by atoms with Crippen molar-refractivity contribution >= 4 is 23.1 Å². The number of nitrogens with one attached hydrogen (secondary N) is 1. The first kappa shape index (κ1) is 15.3. The molecule has 0 spiro atoms. The molecule has 19 heavy (non-hydrogen) atoms. The number of ether oxygens (including phenoxy) is 1. The number of thiazole rings is 1. The Morgan fingerprint density at radius 1 is 1.37 bits per heavy atom. The molecule has 5 heteroatoms. The third-order valence-corrected chi connectivity index (χ3v) is 6.10. The fourth-order valence-electron chi connectivity index (χ4n) is 2.47.